The SMILES string of the molecule is [CH]c1cncc(-c2ccc(C(CC)(CC)c3ccc(CCC(O)C(C)(C)C)c(C)c3)cc2C)c1. The number of aliphatic hydroxyl groups is 1. The van der Waals surface area contributed by atoms with Gasteiger partial charge in [-0.1, -0.05) is 71.0 Å². The summed E-state index contributed by atoms with van der Waals surface area (Å²) in [4.78, 5) is 4.27. The Hall–Kier alpha value is -2.45. The predicted molar refractivity (Wildman–Crippen MR) is 144 cm³/mol. The van der Waals surface area contributed by atoms with E-state index in [0.717, 1.165) is 31.2 Å². The molecule has 1 heterocycles. The first-order valence-corrected chi connectivity index (χ1v) is 12.6. The molecule has 2 heteroatoms. The number of aryl methyl sites for hydroxylation is 3. The molecular formula is C32H41NO. The lowest BCUT2D eigenvalue weighted by atomic mass is 9.69. The fourth-order valence-electron chi connectivity index (χ4n) is 5.12. The lowest BCUT2D eigenvalue weighted by Gasteiger charge is -2.34. The largest absolute Gasteiger partial charge is 0.393 e. The summed E-state index contributed by atoms with van der Waals surface area (Å²) in [6, 6.07) is 15.8. The number of rotatable bonds is 8. The zero-order valence-electron chi connectivity index (χ0n) is 22.1. The molecule has 3 aromatic rings. The van der Waals surface area contributed by atoms with Crippen molar-refractivity contribution in [2.75, 3.05) is 0 Å². The van der Waals surface area contributed by atoms with Gasteiger partial charge in [-0.15, -0.1) is 0 Å². The number of pyridine rings is 1. The van der Waals surface area contributed by atoms with Crippen LogP contribution < -0.4 is 0 Å². The van der Waals surface area contributed by atoms with E-state index in [-0.39, 0.29) is 16.9 Å². The van der Waals surface area contributed by atoms with Crippen LogP contribution in [0.15, 0.2) is 54.9 Å². The second kappa shape index (κ2) is 10.4. The molecule has 0 bridgehead atoms. The molecule has 1 atom stereocenters. The molecule has 0 spiro atoms. The van der Waals surface area contributed by atoms with Crippen LogP contribution in [0.4, 0.5) is 0 Å². The van der Waals surface area contributed by atoms with Crippen molar-refractivity contribution in [3.05, 3.63) is 95.2 Å². The van der Waals surface area contributed by atoms with Gasteiger partial charge in [0, 0.05) is 30.3 Å². The average Bonchev–Trinajstić information content (AvgIpc) is 2.79. The van der Waals surface area contributed by atoms with Gasteiger partial charge in [0.25, 0.3) is 0 Å². The molecule has 0 aliphatic heterocycles. The van der Waals surface area contributed by atoms with E-state index in [2.05, 4.69) is 89.8 Å². The fourth-order valence-corrected chi connectivity index (χ4v) is 5.12. The Morgan fingerprint density at radius 2 is 1.50 bits per heavy atom. The first-order valence-electron chi connectivity index (χ1n) is 12.6. The molecule has 34 heavy (non-hydrogen) atoms. The van der Waals surface area contributed by atoms with Crippen molar-refractivity contribution in [3.8, 4) is 11.1 Å². The van der Waals surface area contributed by atoms with Crippen molar-refractivity contribution < 1.29 is 5.11 Å². The minimum Gasteiger partial charge on any atom is -0.393 e. The molecule has 2 radical (unpaired) electrons. The Bertz CT molecular complexity index is 1120. The molecule has 0 saturated carbocycles. The maximum atomic E-state index is 10.5. The van der Waals surface area contributed by atoms with E-state index in [4.69, 9.17) is 6.92 Å². The van der Waals surface area contributed by atoms with Crippen molar-refractivity contribution in [3.63, 3.8) is 0 Å². The van der Waals surface area contributed by atoms with Crippen LogP contribution in [0.2, 0.25) is 0 Å². The maximum absolute atomic E-state index is 10.5. The number of aromatic nitrogens is 1. The minimum atomic E-state index is -0.298. The van der Waals surface area contributed by atoms with E-state index in [9.17, 15) is 5.11 Å². The summed E-state index contributed by atoms with van der Waals surface area (Å²) in [5.41, 5.74) is 9.39. The van der Waals surface area contributed by atoms with E-state index >= 15 is 0 Å². The van der Waals surface area contributed by atoms with E-state index in [0.29, 0.717) is 5.56 Å². The van der Waals surface area contributed by atoms with E-state index in [1.165, 1.54) is 33.4 Å². The maximum Gasteiger partial charge on any atom is 0.0591 e. The number of nitrogens with zero attached hydrogens (tertiary/aromatic N) is 1. The van der Waals surface area contributed by atoms with E-state index in [1.54, 1.807) is 6.20 Å². The highest BCUT2D eigenvalue weighted by molar-refractivity contribution is 5.68. The molecule has 1 aromatic heterocycles. The van der Waals surface area contributed by atoms with E-state index < -0.39 is 0 Å². The lowest BCUT2D eigenvalue weighted by Crippen LogP contribution is -2.27. The Labute approximate surface area is 207 Å². The number of aliphatic hydroxyl groups excluding tert-OH is 1. The molecule has 3 rings (SSSR count). The van der Waals surface area contributed by atoms with Gasteiger partial charge in [-0.2, -0.15) is 0 Å². The topological polar surface area (TPSA) is 33.1 Å². The van der Waals surface area contributed by atoms with Gasteiger partial charge in [-0.25, -0.2) is 0 Å². The minimum absolute atomic E-state index is 0.0362. The first-order chi connectivity index (χ1) is 16.0. The zero-order valence-corrected chi connectivity index (χ0v) is 22.1. The van der Waals surface area contributed by atoms with Crippen molar-refractivity contribution >= 4 is 0 Å². The molecule has 0 saturated heterocycles. The van der Waals surface area contributed by atoms with Crippen LogP contribution in [0.3, 0.4) is 0 Å². The van der Waals surface area contributed by atoms with Gasteiger partial charge < -0.3 is 5.11 Å². The van der Waals surface area contributed by atoms with Gasteiger partial charge in [-0.3, -0.25) is 4.98 Å². The summed E-state index contributed by atoms with van der Waals surface area (Å²) < 4.78 is 0. The number of benzene rings is 2. The summed E-state index contributed by atoms with van der Waals surface area (Å²) in [5.74, 6) is 0. The van der Waals surface area contributed by atoms with Crippen molar-refractivity contribution in [1.29, 1.82) is 0 Å². The molecular weight excluding hydrogens is 414 g/mol. The van der Waals surface area contributed by atoms with Gasteiger partial charge in [0.1, 0.15) is 0 Å². The smallest absolute Gasteiger partial charge is 0.0591 e. The van der Waals surface area contributed by atoms with Crippen molar-refractivity contribution in [2.24, 2.45) is 5.41 Å². The Balaban J connectivity index is 1.94. The summed E-state index contributed by atoms with van der Waals surface area (Å²) in [7, 11) is 0. The molecule has 0 aliphatic rings. The standard InChI is InChI=1S/C32H41NO/c1-9-32(10-2,27-13-11-25(23(4)18-27)12-16-30(34)31(6,7)8)28-14-15-29(24(5)19-28)26-17-22(3)20-33-21-26/h3,11,13-15,17-21,30,34H,9-10,12,16H2,1-2,4-8H3. The van der Waals surface area contributed by atoms with Gasteiger partial charge in [0.2, 0.25) is 0 Å². The lowest BCUT2D eigenvalue weighted by molar-refractivity contribution is 0.0560. The van der Waals surface area contributed by atoms with Crippen molar-refractivity contribution in [1.82, 2.24) is 4.98 Å². The molecule has 180 valence electrons. The van der Waals surface area contributed by atoms with Crippen LogP contribution in [0.25, 0.3) is 11.1 Å². The molecule has 2 aromatic carbocycles. The molecule has 0 amide bonds. The highest BCUT2D eigenvalue weighted by Crippen LogP contribution is 2.41. The highest BCUT2D eigenvalue weighted by atomic mass is 16.3. The molecule has 2 nitrogen and oxygen atoms in total. The van der Waals surface area contributed by atoms with Crippen LogP contribution in [0, 0.1) is 26.2 Å². The molecule has 1 unspecified atom stereocenters. The van der Waals surface area contributed by atoms with Crippen LogP contribution in [-0.2, 0) is 11.8 Å². The third kappa shape index (κ3) is 5.44. The normalized spacial score (nSPS) is 13.2. The summed E-state index contributed by atoms with van der Waals surface area (Å²) >= 11 is 0. The van der Waals surface area contributed by atoms with Gasteiger partial charge in [-0.05, 0) is 90.0 Å². The van der Waals surface area contributed by atoms with Crippen LogP contribution in [0.1, 0.15) is 87.3 Å². The van der Waals surface area contributed by atoms with E-state index in [1.807, 2.05) is 12.3 Å². The van der Waals surface area contributed by atoms with Gasteiger partial charge >= 0.3 is 0 Å². The van der Waals surface area contributed by atoms with Crippen LogP contribution in [-0.4, -0.2) is 16.2 Å². The highest BCUT2D eigenvalue weighted by Gasteiger charge is 2.31. The quantitative estimate of drug-likeness (QED) is 0.375. The Morgan fingerprint density at radius 1 is 0.882 bits per heavy atom. The Morgan fingerprint density at radius 3 is 2.03 bits per heavy atom. The predicted octanol–water partition coefficient (Wildman–Crippen LogP) is 7.87. The molecule has 1 N–H and O–H groups in total. The van der Waals surface area contributed by atoms with Gasteiger partial charge in [0.15, 0.2) is 0 Å². The summed E-state index contributed by atoms with van der Waals surface area (Å²) in [6.07, 6.45) is 7.02. The van der Waals surface area contributed by atoms with Gasteiger partial charge in [0.05, 0.1) is 6.10 Å². The summed E-state index contributed by atoms with van der Waals surface area (Å²) in [5, 5.41) is 10.5. The average molecular weight is 456 g/mol. The number of hydrogen-bond acceptors (Lipinski definition) is 2. The third-order valence-electron chi connectivity index (χ3n) is 7.64. The Kier molecular flexibility index (Phi) is 8.03. The van der Waals surface area contributed by atoms with Crippen LogP contribution in [0.5, 0.6) is 0 Å². The third-order valence-corrected chi connectivity index (χ3v) is 7.64. The fraction of sp³-hybridized carbons (Fsp3) is 0.438. The first kappa shape index (κ1) is 26.2. The summed E-state index contributed by atoms with van der Waals surface area (Å²) in [6.45, 7) is 21.2. The second-order valence-corrected chi connectivity index (χ2v) is 10.9. The molecule has 0 fully saturated rings. The number of hydrogen-bond donors (Lipinski definition) is 1. The monoisotopic (exact) mass is 455 g/mol. The second-order valence-electron chi connectivity index (χ2n) is 10.9. The zero-order chi connectivity index (χ0) is 25.1. The molecule has 0 aliphatic carbocycles. The van der Waals surface area contributed by atoms with Crippen molar-refractivity contribution in [2.45, 2.75) is 85.7 Å². The van der Waals surface area contributed by atoms with Crippen LogP contribution >= 0.6 is 0 Å².